The maximum Gasteiger partial charge on any atom is 0.224 e. The van der Waals surface area contributed by atoms with E-state index in [4.69, 9.17) is 0 Å². The minimum atomic E-state index is 0.114. The van der Waals surface area contributed by atoms with Crippen LogP contribution in [0.5, 0.6) is 0 Å². The molecular weight excluding hydrogens is 254 g/mol. The number of nitrogens with one attached hydrogen (secondary N) is 1. The maximum atomic E-state index is 11.9. The van der Waals surface area contributed by atoms with E-state index in [0.717, 1.165) is 17.9 Å². The Morgan fingerprint density at radius 3 is 2.58 bits per heavy atom. The highest BCUT2D eigenvalue weighted by Crippen LogP contribution is 2.22. The quantitative estimate of drug-likeness (QED) is 0.836. The van der Waals surface area contributed by atoms with Gasteiger partial charge in [-0.25, -0.2) is 0 Å². The lowest BCUT2D eigenvalue weighted by Gasteiger charge is -2.17. The first-order valence-corrected chi connectivity index (χ1v) is 7.73. The van der Waals surface area contributed by atoms with Crippen LogP contribution in [-0.4, -0.2) is 23.0 Å². The number of rotatable bonds is 5. The molecule has 1 rings (SSSR count). The molecule has 0 aromatic heterocycles. The van der Waals surface area contributed by atoms with E-state index >= 15 is 0 Å². The first-order chi connectivity index (χ1) is 8.78. The molecule has 0 heterocycles. The Kier molecular flexibility index (Phi) is 5.92. The first kappa shape index (κ1) is 16.1. The van der Waals surface area contributed by atoms with E-state index in [1.165, 1.54) is 11.1 Å². The number of hydrogen-bond acceptors (Lipinski definition) is 2. The second-order valence-electron chi connectivity index (χ2n) is 5.92. The van der Waals surface area contributed by atoms with Crippen LogP contribution in [0.4, 0.5) is 0 Å². The zero-order valence-corrected chi connectivity index (χ0v) is 13.5. The van der Waals surface area contributed by atoms with Gasteiger partial charge in [-0.1, -0.05) is 44.5 Å². The van der Waals surface area contributed by atoms with Crippen LogP contribution in [0.25, 0.3) is 0 Å². The fraction of sp³-hybridized carbons (Fsp3) is 0.562. The van der Waals surface area contributed by atoms with E-state index in [2.05, 4.69) is 58.1 Å². The molecule has 0 spiro atoms. The van der Waals surface area contributed by atoms with Gasteiger partial charge in [-0.3, -0.25) is 4.79 Å². The molecule has 0 bridgehead atoms. The summed E-state index contributed by atoms with van der Waals surface area (Å²) in [5, 5.41) is 2.99. The summed E-state index contributed by atoms with van der Waals surface area (Å²) in [5.41, 5.74) is 3.52. The molecule has 0 aliphatic rings. The normalized spacial score (nSPS) is 11.4. The number of carbonyl (C=O) groups is 1. The Bertz CT molecular complexity index is 435. The average molecular weight is 279 g/mol. The highest BCUT2D eigenvalue weighted by Gasteiger charge is 2.10. The SMILES string of the molecule is Cc1ccc(C)c(CC(=O)NCCSC(C)(C)C)c1. The number of aryl methyl sites for hydroxylation is 2. The third-order valence-electron chi connectivity index (χ3n) is 2.81. The Hall–Kier alpha value is -0.960. The molecule has 1 N–H and O–H groups in total. The van der Waals surface area contributed by atoms with E-state index in [1.54, 1.807) is 0 Å². The highest BCUT2D eigenvalue weighted by molar-refractivity contribution is 8.00. The van der Waals surface area contributed by atoms with Crippen molar-refractivity contribution in [3.05, 3.63) is 34.9 Å². The smallest absolute Gasteiger partial charge is 0.224 e. The summed E-state index contributed by atoms with van der Waals surface area (Å²) in [4.78, 5) is 11.9. The molecule has 106 valence electrons. The Balaban J connectivity index is 2.37. The van der Waals surface area contributed by atoms with Gasteiger partial charge in [-0.2, -0.15) is 11.8 Å². The molecule has 1 amide bonds. The highest BCUT2D eigenvalue weighted by atomic mass is 32.2. The monoisotopic (exact) mass is 279 g/mol. The van der Waals surface area contributed by atoms with Crippen molar-refractivity contribution in [3.8, 4) is 0 Å². The Labute approximate surface area is 121 Å². The minimum Gasteiger partial charge on any atom is -0.355 e. The molecule has 0 fully saturated rings. The standard InChI is InChI=1S/C16H25NOS/c1-12-6-7-13(2)14(10-12)11-15(18)17-8-9-19-16(3,4)5/h6-7,10H,8-9,11H2,1-5H3,(H,17,18). The predicted molar refractivity (Wildman–Crippen MR) is 84.8 cm³/mol. The van der Waals surface area contributed by atoms with Crippen LogP contribution in [-0.2, 0) is 11.2 Å². The number of carbonyl (C=O) groups excluding carboxylic acids is 1. The number of amides is 1. The summed E-state index contributed by atoms with van der Waals surface area (Å²) < 4.78 is 0.262. The van der Waals surface area contributed by atoms with Crippen molar-refractivity contribution in [1.82, 2.24) is 5.32 Å². The van der Waals surface area contributed by atoms with Gasteiger partial charge < -0.3 is 5.32 Å². The molecule has 0 saturated heterocycles. The van der Waals surface area contributed by atoms with Gasteiger partial charge in [0.25, 0.3) is 0 Å². The molecule has 3 heteroatoms. The summed E-state index contributed by atoms with van der Waals surface area (Å²) in [6, 6.07) is 6.25. The molecule has 2 nitrogen and oxygen atoms in total. The molecule has 0 unspecified atom stereocenters. The van der Waals surface area contributed by atoms with Gasteiger partial charge in [-0.05, 0) is 25.0 Å². The third-order valence-corrected chi connectivity index (χ3v) is 4.09. The molecule has 0 radical (unpaired) electrons. The predicted octanol–water partition coefficient (Wildman–Crippen LogP) is 3.49. The van der Waals surface area contributed by atoms with E-state index < -0.39 is 0 Å². The fourth-order valence-corrected chi connectivity index (χ4v) is 2.59. The molecule has 0 atom stereocenters. The lowest BCUT2D eigenvalue weighted by molar-refractivity contribution is -0.120. The second-order valence-corrected chi connectivity index (χ2v) is 7.84. The lowest BCUT2D eigenvalue weighted by Crippen LogP contribution is -2.28. The van der Waals surface area contributed by atoms with E-state index in [9.17, 15) is 4.79 Å². The van der Waals surface area contributed by atoms with Gasteiger partial charge in [0.1, 0.15) is 0 Å². The molecule has 0 saturated carbocycles. The van der Waals surface area contributed by atoms with E-state index in [1.807, 2.05) is 11.8 Å². The van der Waals surface area contributed by atoms with Crippen LogP contribution in [0.1, 0.15) is 37.5 Å². The van der Waals surface area contributed by atoms with Gasteiger partial charge in [0, 0.05) is 17.0 Å². The minimum absolute atomic E-state index is 0.114. The first-order valence-electron chi connectivity index (χ1n) is 6.75. The number of benzene rings is 1. The Morgan fingerprint density at radius 2 is 1.95 bits per heavy atom. The summed E-state index contributed by atoms with van der Waals surface area (Å²) >= 11 is 1.87. The van der Waals surface area contributed by atoms with Gasteiger partial charge >= 0.3 is 0 Å². The topological polar surface area (TPSA) is 29.1 Å². The van der Waals surface area contributed by atoms with Crippen molar-refractivity contribution in [3.63, 3.8) is 0 Å². The zero-order chi connectivity index (χ0) is 14.5. The van der Waals surface area contributed by atoms with E-state index in [-0.39, 0.29) is 10.7 Å². The molecule has 19 heavy (non-hydrogen) atoms. The summed E-state index contributed by atoms with van der Waals surface area (Å²) in [6.07, 6.45) is 0.480. The Morgan fingerprint density at radius 1 is 1.26 bits per heavy atom. The second kappa shape index (κ2) is 6.99. The van der Waals surface area contributed by atoms with Crippen LogP contribution < -0.4 is 5.32 Å². The van der Waals surface area contributed by atoms with E-state index in [0.29, 0.717) is 6.42 Å². The van der Waals surface area contributed by atoms with Crippen LogP contribution in [0, 0.1) is 13.8 Å². The third kappa shape index (κ3) is 6.67. The van der Waals surface area contributed by atoms with Gasteiger partial charge in [-0.15, -0.1) is 0 Å². The van der Waals surface area contributed by atoms with Crippen molar-refractivity contribution in [2.45, 2.75) is 45.8 Å². The zero-order valence-electron chi connectivity index (χ0n) is 12.7. The van der Waals surface area contributed by atoms with Crippen LogP contribution in [0.3, 0.4) is 0 Å². The number of thioether (sulfide) groups is 1. The van der Waals surface area contributed by atoms with Crippen molar-refractivity contribution < 1.29 is 4.79 Å². The van der Waals surface area contributed by atoms with Crippen LogP contribution in [0.15, 0.2) is 18.2 Å². The van der Waals surface area contributed by atoms with Gasteiger partial charge in [0.05, 0.1) is 6.42 Å². The fourth-order valence-electron chi connectivity index (χ4n) is 1.77. The van der Waals surface area contributed by atoms with Crippen molar-refractivity contribution >= 4 is 17.7 Å². The van der Waals surface area contributed by atoms with Crippen molar-refractivity contribution in [2.24, 2.45) is 0 Å². The molecular formula is C16H25NOS. The van der Waals surface area contributed by atoms with Gasteiger partial charge in [0.15, 0.2) is 0 Å². The van der Waals surface area contributed by atoms with Crippen LogP contribution in [0.2, 0.25) is 0 Å². The average Bonchev–Trinajstić information content (AvgIpc) is 2.28. The molecule has 1 aromatic rings. The number of hydrogen-bond donors (Lipinski definition) is 1. The molecule has 0 aliphatic heterocycles. The summed E-state index contributed by atoms with van der Waals surface area (Å²) in [6.45, 7) is 11.4. The van der Waals surface area contributed by atoms with Crippen molar-refractivity contribution in [1.29, 1.82) is 0 Å². The van der Waals surface area contributed by atoms with Crippen molar-refractivity contribution in [2.75, 3.05) is 12.3 Å². The molecule has 0 aliphatic carbocycles. The lowest BCUT2D eigenvalue weighted by atomic mass is 10.0. The maximum absolute atomic E-state index is 11.9. The largest absolute Gasteiger partial charge is 0.355 e. The molecule has 1 aromatic carbocycles. The summed E-state index contributed by atoms with van der Waals surface area (Å²) in [7, 11) is 0. The summed E-state index contributed by atoms with van der Waals surface area (Å²) in [5.74, 6) is 1.07. The van der Waals surface area contributed by atoms with Crippen LogP contribution >= 0.6 is 11.8 Å². The van der Waals surface area contributed by atoms with Gasteiger partial charge in [0.2, 0.25) is 5.91 Å².